The van der Waals surface area contributed by atoms with Gasteiger partial charge in [0.1, 0.15) is 11.5 Å². The van der Waals surface area contributed by atoms with Crippen LogP contribution >= 0.6 is 0 Å². The molecule has 1 saturated carbocycles. The van der Waals surface area contributed by atoms with Crippen molar-refractivity contribution in [3.63, 3.8) is 0 Å². The number of rotatable bonds is 2. The predicted octanol–water partition coefficient (Wildman–Crippen LogP) is 2.53. The molecule has 68 valence electrons. The first-order valence-corrected chi connectivity index (χ1v) is 4.50. The minimum Gasteiger partial charge on any atom is -0.469 e. The summed E-state index contributed by atoms with van der Waals surface area (Å²) in [5.41, 5.74) is 0. The van der Waals surface area contributed by atoms with E-state index < -0.39 is 0 Å². The van der Waals surface area contributed by atoms with Crippen LogP contribution in [-0.2, 0) is 4.79 Å². The van der Waals surface area contributed by atoms with Crippen molar-refractivity contribution in [3.8, 4) is 0 Å². The fourth-order valence-electron chi connectivity index (χ4n) is 1.88. The zero-order valence-electron chi connectivity index (χ0n) is 7.40. The third-order valence-electron chi connectivity index (χ3n) is 2.63. The Morgan fingerprint density at radius 2 is 2.46 bits per heavy atom. The van der Waals surface area contributed by atoms with E-state index in [0.29, 0.717) is 6.42 Å². The van der Waals surface area contributed by atoms with E-state index in [0.717, 1.165) is 12.2 Å². The normalized spacial score (nSPS) is 27.8. The zero-order valence-corrected chi connectivity index (χ0v) is 7.40. The Morgan fingerprint density at radius 3 is 3.00 bits per heavy atom. The summed E-state index contributed by atoms with van der Waals surface area (Å²) < 4.78 is 5.27. The number of carbonyl (C=O) groups excluding carboxylic acids is 1. The fraction of sp³-hybridized carbons (Fsp3) is 0.364. The Kier molecular flexibility index (Phi) is 2.05. The van der Waals surface area contributed by atoms with Crippen molar-refractivity contribution < 1.29 is 9.21 Å². The lowest BCUT2D eigenvalue weighted by Gasteiger charge is -2.02. The smallest absolute Gasteiger partial charge is 0.140 e. The van der Waals surface area contributed by atoms with Crippen LogP contribution in [0.15, 0.2) is 35.5 Å². The minimum absolute atomic E-state index is 0.0371. The fourth-order valence-corrected chi connectivity index (χ4v) is 1.88. The highest BCUT2D eigenvalue weighted by atomic mass is 16.3. The van der Waals surface area contributed by atoms with Gasteiger partial charge in [0.2, 0.25) is 0 Å². The molecule has 0 radical (unpaired) electrons. The molecular formula is C11H12O2. The number of Topliss-reactive ketones (excluding diaryl/α,β-unsaturated/α-hetero) is 1. The van der Waals surface area contributed by atoms with Gasteiger partial charge in [-0.05, 0) is 18.6 Å². The number of carbonyl (C=O) groups is 1. The van der Waals surface area contributed by atoms with Crippen LogP contribution in [0.5, 0.6) is 0 Å². The van der Waals surface area contributed by atoms with Crippen molar-refractivity contribution in [1.82, 2.24) is 0 Å². The van der Waals surface area contributed by atoms with Crippen LogP contribution < -0.4 is 0 Å². The van der Waals surface area contributed by atoms with E-state index in [1.807, 2.05) is 12.1 Å². The lowest BCUT2D eigenvalue weighted by atomic mass is 10.0. The zero-order chi connectivity index (χ0) is 9.26. The summed E-state index contributed by atoms with van der Waals surface area (Å²) in [6, 6.07) is 3.80. The van der Waals surface area contributed by atoms with Crippen molar-refractivity contribution in [2.75, 3.05) is 0 Å². The summed E-state index contributed by atoms with van der Waals surface area (Å²) in [5, 5.41) is 0. The maximum atomic E-state index is 11.4. The van der Waals surface area contributed by atoms with E-state index in [2.05, 4.69) is 6.58 Å². The Balaban J connectivity index is 2.14. The van der Waals surface area contributed by atoms with Crippen molar-refractivity contribution >= 4 is 5.78 Å². The highest BCUT2D eigenvalue weighted by Gasteiger charge is 2.32. The van der Waals surface area contributed by atoms with Crippen LogP contribution in [0.3, 0.4) is 0 Å². The van der Waals surface area contributed by atoms with Gasteiger partial charge in [-0.25, -0.2) is 0 Å². The molecular weight excluding hydrogens is 164 g/mol. The van der Waals surface area contributed by atoms with Gasteiger partial charge in [-0.3, -0.25) is 4.79 Å². The van der Waals surface area contributed by atoms with E-state index in [-0.39, 0.29) is 17.6 Å². The quantitative estimate of drug-likeness (QED) is 0.648. The van der Waals surface area contributed by atoms with E-state index in [1.165, 1.54) is 0 Å². The van der Waals surface area contributed by atoms with Gasteiger partial charge >= 0.3 is 0 Å². The first-order valence-electron chi connectivity index (χ1n) is 4.50. The van der Waals surface area contributed by atoms with Crippen LogP contribution in [0.4, 0.5) is 0 Å². The van der Waals surface area contributed by atoms with Gasteiger partial charge in [0.05, 0.1) is 6.26 Å². The molecule has 0 unspecified atom stereocenters. The maximum Gasteiger partial charge on any atom is 0.140 e. The summed E-state index contributed by atoms with van der Waals surface area (Å²) in [4.78, 5) is 11.4. The van der Waals surface area contributed by atoms with Gasteiger partial charge in [0.15, 0.2) is 0 Å². The average molecular weight is 176 g/mol. The Labute approximate surface area is 77.2 Å². The standard InChI is InChI=1S/C11H12O2/c1-2-8-6-9(7-10(8)12)11-4-3-5-13-11/h2-5,8-9H,1,6-7H2/t8-,9+/m0/s1. The summed E-state index contributed by atoms with van der Waals surface area (Å²) in [6.07, 6.45) is 4.85. The van der Waals surface area contributed by atoms with Gasteiger partial charge in [-0.15, -0.1) is 6.58 Å². The second kappa shape index (κ2) is 3.21. The lowest BCUT2D eigenvalue weighted by Crippen LogP contribution is -2.00. The summed E-state index contributed by atoms with van der Waals surface area (Å²) in [7, 11) is 0. The molecule has 2 heteroatoms. The first-order chi connectivity index (χ1) is 6.31. The molecule has 1 aliphatic carbocycles. The molecule has 1 heterocycles. The van der Waals surface area contributed by atoms with Crippen LogP contribution in [0.1, 0.15) is 24.5 Å². The van der Waals surface area contributed by atoms with Crippen LogP contribution in [0.2, 0.25) is 0 Å². The minimum atomic E-state index is 0.0371. The molecule has 0 bridgehead atoms. The topological polar surface area (TPSA) is 30.2 Å². The van der Waals surface area contributed by atoms with Gasteiger partial charge < -0.3 is 4.42 Å². The Morgan fingerprint density at radius 1 is 1.62 bits per heavy atom. The molecule has 1 aromatic heterocycles. The van der Waals surface area contributed by atoms with Crippen LogP contribution in [0, 0.1) is 5.92 Å². The van der Waals surface area contributed by atoms with Crippen molar-refractivity contribution in [1.29, 1.82) is 0 Å². The van der Waals surface area contributed by atoms with Crippen LogP contribution in [-0.4, -0.2) is 5.78 Å². The average Bonchev–Trinajstić information content (AvgIpc) is 2.71. The molecule has 2 rings (SSSR count). The molecule has 0 N–H and O–H groups in total. The molecule has 2 atom stereocenters. The summed E-state index contributed by atoms with van der Waals surface area (Å²) >= 11 is 0. The van der Waals surface area contributed by atoms with Gasteiger partial charge in [-0.1, -0.05) is 6.08 Å². The lowest BCUT2D eigenvalue weighted by molar-refractivity contribution is -0.119. The molecule has 0 spiro atoms. The largest absolute Gasteiger partial charge is 0.469 e. The molecule has 0 aliphatic heterocycles. The van der Waals surface area contributed by atoms with E-state index in [1.54, 1.807) is 12.3 Å². The van der Waals surface area contributed by atoms with Crippen molar-refractivity contribution in [2.45, 2.75) is 18.8 Å². The number of ketones is 1. The van der Waals surface area contributed by atoms with Gasteiger partial charge in [-0.2, -0.15) is 0 Å². The second-order valence-corrected chi connectivity index (χ2v) is 3.46. The molecule has 1 fully saturated rings. The molecule has 0 aromatic carbocycles. The summed E-state index contributed by atoms with van der Waals surface area (Å²) in [5.74, 6) is 1.52. The number of furan rings is 1. The third-order valence-corrected chi connectivity index (χ3v) is 2.63. The van der Waals surface area contributed by atoms with Gasteiger partial charge in [0.25, 0.3) is 0 Å². The monoisotopic (exact) mass is 176 g/mol. The third kappa shape index (κ3) is 1.44. The highest BCUT2D eigenvalue weighted by Crippen LogP contribution is 2.36. The number of allylic oxidation sites excluding steroid dienone is 1. The van der Waals surface area contributed by atoms with Gasteiger partial charge in [0, 0.05) is 18.3 Å². The number of hydrogen-bond acceptors (Lipinski definition) is 2. The molecule has 13 heavy (non-hydrogen) atoms. The SMILES string of the molecule is C=C[C@H]1C[C@@H](c2ccco2)CC1=O. The predicted molar refractivity (Wildman–Crippen MR) is 49.4 cm³/mol. The van der Waals surface area contributed by atoms with E-state index >= 15 is 0 Å². The molecule has 1 aliphatic rings. The van der Waals surface area contributed by atoms with Crippen LogP contribution in [0.25, 0.3) is 0 Å². The molecule has 1 aromatic rings. The van der Waals surface area contributed by atoms with Crippen molar-refractivity contribution in [2.24, 2.45) is 5.92 Å². The number of hydrogen-bond donors (Lipinski definition) is 0. The Bertz CT molecular complexity index is 311. The second-order valence-electron chi connectivity index (χ2n) is 3.46. The first kappa shape index (κ1) is 8.30. The Hall–Kier alpha value is -1.31. The summed E-state index contributed by atoms with van der Waals surface area (Å²) in [6.45, 7) is 3.66. The molecule has 0 saturated heterocycles. The highest BCUT2D eigenvalue weighted by molar-refractivity contribution is 5.85. The van der Waals surface area contributed by atoms with E-state index in [4.69, 9.17) is 4.42 Å². The maximum absolute atomic E-state index is 11.4. The van der Waals surface area contributed by atoms with E-state index in [9.17, 15) is 4.79 Å². The molecule has 2 nitrogen and oxygen atoms in total. The molecule has 0 amide bonds. The van der Waals surface area contributed by atoms with Crippen molar-refractivity contribution in [3.05, 3.63) is 36.8 Å².